The molecule has 4 rings (SSSR count). The van der Waals surface area contributed by atoms with Gasteiger partial charge in [0.15, 0.2) is 6.61 Å². The van der Waals surface area contributed by atoms with Crippen LogP contribution in [0.3, 0.4) is 0 Å². The van der Waals surface area contributed by atoms with Crippen LogP contribution in [0.15, 0.2) is 39.5 Å². The Kier molecular flexibility index (Phi) is 7.28. The molecule has 2 aromatic rings. The van der Waals surface area contributed by atoms with Crippen LogP contribution >= 0.6 is 0 Å². The summed E-state index contributed by atoms with van der Waals surface area (Å²) in [7, 11) is 0. The van der Waals surface area contributed by atoms with Crippen molar-refractivity contribution in [2.75, 3.05) is 6.61 Å². The molecule has 6 nitrogen and oxygen atoms in total. The van der Waals surface area contributed by atoms with Crippen molar-refractivity contribution < 1.29 is 13.9 Å². The molecule has 1 aromatic heterocycles. The summed E-state index contributed by atoms with van der Waals surface area (Å²) in [5.41, 5.74) is 0.224. The lowest BCUT2D eigenvalue weighted by molar-refractivity contribution is -0.124. The fourth-order valence-electron chi connectivity index (χ4n) is 5.11. The number of carbonyl (C=O) groups excluding carboxylic acids is 1. The van der Waals surface area contributed by atoms with Gasteiger partial charge in [-0.05, 0) is 50.3 Å². The molecule has 1 unspecified atom stereocenters. The van der Waals surface area contributed by atoms with E-state index in [0.29, 0.717) is 11.3 Å². The van der Waals surface area contributed by atoms with Gasteiger partial charge in [-0.25, -0.2) is 4.79 Å². The van der Waals surface area contributed by atoms with Crippen LogP contribution in [0.1, 0.15) is 77.0 Å². The second-order valence-corrected chi connectivity index (χ2v) is 9.15. The van der Waals surface area contributed by atoms with Crippen molar-refractivity contribution in [3.8, 4) is 5.75 Å². The van der Waals surface area contributed by atoms with E-state index in [-0.39, 0.29) is 24.2 Å². The van der Waals surface area contributed by atoms with Crippen LogP contribution in [-0.2, 0) is 4.79 Å². The third kappa shape index (κ3) is 6.10. The highest BCUT2D eigenvalue weighted by Crippen LogP contribution is 2.33. The predicted molar refractivity (Wildman–Crippen MR) is 121 cm³/mol. The molecule has 1 aromatic carbocycles. The number of amides is 1. The van der Waals surface area contributed by atoms with Crippen molar-refractivity contribution in [3.05, 3.63) is 40.8 Å². The van der Waals surface area contributed by atoms with Crippen LogP contribution in [0.25, 0.3) is 11.0 Å². The van der Waals surface area contributed by atoms with Gasteiger partial charge >= 0.3 is 5.63 Å². The molecule has 1 aliphatic heterocycles. The number of hydrogen-bond acceptors (Lipinski definition) is 5. The second-order valence-electron chi connectivity index (χ2n) is 9.15. The molecule has 1 spiro atoms. The number of rotatable bonds is 4. The highest BCUT2D eigenvalue weighted by Gasteiger charge is 2.35. The van der Waals surface area contributed by atoms with E-state index in [9.17, 15) is 9.59 Å². The maximum Gasteiger partial charge on any atom is 0.336 e. The molecular formula is C25H34N2O4. The normalized spacial score (nSPS) is 22.1. The van der Waals surface area contributed by atoms with Gasteiger partial charge in [-0.3, -0.25) is 10.1 Å². The third-order valence-corrected chi connectivity index (χ3v) is 6.74. The Morgan fingerprint density at radius 1 is 1.00 bits per heavy atom. The number of ether oxygens (including phenoxy) is 1. The number of nitrogens with one attached hydrogen (secondary N) is 2. The molecule has 1 atom stereocenters. The monoisotopic (exact) mass is 426 g/mol. The summed E-state index contributed by atoms with van der Waals surface area (Å²) < 4.78 is 10.8. The largest absolute Gasteiger partial charge is 0.484 e. The lowest BCUT2D eigenvalue weighted by Gasteiger charge is -2.43. The van der Waals surface area contributed by atoms with Crippen molar-refractivity contribution >= 4 is 16.9 Å². The molecular weight excluding hydrogens is 392 g/mol. The average molecular weight is 427 g/mol. The molecule has 2 fully saturated rings. The molecule has 0 radical (unpaired) electrons. The van der Waals surface area contributed by atoms with Gasteiger partial charge in [0.2, 0.25) is 0 Å². The first kappa shape index (κ1) is 21.9. The van der Waals surface area contributed by atoms with Crippen LogP contribution in [0.4, 0.5) is 0 Å². The molecule has 31 heavy (non-hydrogen) atoms. The standard InChI is InChI=1S/C25H34N2O4/c28-23(18-30-20-12-10-19-11-13-24(29)31-21(19)17-20)26-22-9-8-16-25(27-22)14-6-4-2-1-3-5-7-15-25/h10-13,17,22,27H,1-9,14-16,18H2,(H,26,28). The van der Waals surface area contributed by atoms with Crippen LogP contribution < -0.4 is 21.0 Å². The van der Waals surface area contributed by atoms with Gasteiger partial charge in [-0.15, -0.1) is 0 Å². The molecule has 2 heterocycles. The Morgan fingerprint density at radius 2 is 1.68 bits per heavy atom. The van der Waals surface area contributed by atoms with E-state index in [4.69, 9.17) is 9.15 Å². The summed E-state index contributed by atoms with van der Waals surface area (Å²) in [5, 5.41) is 7.75. The fraction of sp³-hybridized carbons (Fsp3) is 0.600. The molecule has 1 saturated carbocycles. The maximum atomic E-state index is 12.5. The predicted octanol–water partition coefficient (Wildman–Crippen LogP) is 4.65. The van der Waals surface area contributed by atoms with Gasteiger partial charge in [0.05, 0.1) is 6.17 Å². The SMILES string of the molecule is O=C(COc1ccc2ccc(=O)oc2c1)NC1CCCC2(CCCCCCCCC2)N1. The first-order valence-corrected chi connectivity index (χ1v) is 11.9. The molecule has 168 valence electrons. The molecule has 6 heteroatoms. The minimum atomic E-state index is -0.403. The Hall–Kier alpha value is -2.34. The van der Waals surface area contributed by atoms with Gasteiger partial charge in [-0.2, -0.15) is 0 Å². The van der Waals surface area contributed by atoms with Gasteiger partial charge in [0.1, 0.15) is 11.3 Å². The van der Waals surface area contributed by atoms with E-state index < -0.39 is 5.63 Å². The zero-order valence-electron chi connectivity index (χ0n) is 18.3. The quantitative estimate of drug-likeness (QED) is 0.696. The number of fused-ring (bicyclic) bond motifs is 1. The smallest absolute Gasteiger partial charge is 0.336 e. The Labute approximate surface area is 183 Å². The minimum absolute atomic E-state index is 0.00224. The highest BCUT2D eigenvalue weighted by atomic mass is 16.5. The van der Waals surface area contributed by atoms with E-state index in [1.54, 1.807) is 18.2 Å². The van der Waals surface area contributed by atoms with Crippen LogP contribution in [0, 0.1) is 0 Å². The number of hydrogen-bond donors (Lipinski definition) is 2. The lowest BCUT2D eigenvalue weighted by atomic mass is 9.78. The van der Waals surface area contributed by atoms with E-state index in [1.165, 1.54) is 70.3 Å². The zero-order valence-corrected chi connectivity index (χ0v) is 18.3. The van der Waals surface area contributed by atoms with Gasteiger partial charge < -0.3 is 14.5 Å². The Morgan fingerprint density at radius 3 is 2.45 bits per heavy atom. The van der Waals surface area contributed by atoms with E-state index >= 15 is 0 Å². The third-order valence-electron chi connectivity index (χ3n) is 6.74. The minimum Gasteiger partial charge on any atom is -0.484 e. The van der Waals surface area contributed by atoms with Crippen LogP contribution in [0.5, 0.6) is 5.75 Å². The van der Waals surface area contributed by atoms with E-state index in [2.05, 4.69) is 10.6 Å². The molecule has 1 saturated heterocycles. The van der Waals surface area contributed by atoms with E-state index in [0.717, 1.165) is 18.2 Å². The van der Waals surface area contributed by atoms with Crippen molar-refractivity contribution in [1.29, 1.82) is 0 Å². The van der Waals surface area contributed by atoms with Crippen LogP contribution in [-0.4, -0.2) is 24.2 Å². The summed E-state index contributed by atoms with van der Waals surface area (Å²) >= 11 is 0. The number of piperidine rings is 1. The fourth-order valence-corrected chi connectivity index (χ4v) is 5.11. The van der Waals surface area contributed by atoms with Gasteiger partial charge in [0.25, 0.3) is 5.91 Å². The first-order chi connectivity index (χ1) is 15.1. The second kappa shape index (κ2) is 10.3. The first-order valence-electron chi connectivity index (χ1n) is 11.9. The summed E-state index contributed by atoms with van der Waals surface area (Å²) in [5.74, 6) is 0.376. The molecule has 1 aliphatic carbocycles. The summed E-state index contributed by atoms with van der Waals surface area (Å²) in [6, 6.07) is 8.35. The number of benzene rings is 1. The summed E-state index contributed by atoms with van der Waals surface area (Å²) in [6.45, 7) is -0.0618. The molecule has 2 aliphatic rings. The molecule has 1 amide bonds. The van der Waals surface area contributed by atoms with Crippen molar-refractivity contribution in [2.24, 2.45) is 0 Å². The summed E-state index contributed by atoms with van der Waals surface area (Å²) in [6.07, 6.45) is 15.0. The van der Waals surface area contributed by atoms with E-state index in [1.807, 2.05) is 6.07 Å². The molecule has 0 bridgehead atoms. The Bertz CT molecular complexity index is 929. The lowest BCUT2D eigenvalue weighted by Crippen LogP contribution is -2.60. The average Bonchev–Trinajstić information content (AvgIpc) is 2.77. The van der Waals surface area contributed by atoms with Gasteiger partial charge in [-0.1, -0.05) is 44.9 Å². The zero-order chi connectivity index (χ0) is 21.5. The highest BCUT2D eigenvalue weighted by molar-refractivity contribution is 5.79. The van der Waals surface area contributed by atoms with Crippen molar-refractivity contribution in [2.45, 2.75) is 88.8 Å². The maximum absolute atomic E-state index is 12.5. The van der Waals surface area contributed by atoms with Gasteiger partial charge in [0, 0.05) is 23.1 Å². The number of carbonyl (C=O) groups is 1. The van der Waals surface area contributed by atoms with Crippen molar-refractivity contribution in [1.82, 2.24) is 10.6 Å². The van der Waals surface area contributed by atoms with Crippen LogP contribution in [0.2, 0.25) is 0 Å². The Balaban J connectivity index is 1.31. The molecule has 2 N–H and O–H groups in total. The topological polar surface area (TPSA) is 80.6 Å². The van der Waals surface area contributed by atoms with Crippen molar-refractivity contribution in [3.63, 3.8) is 0 Å². The summed E-state index contributed by atoms with van der Waals surface area (Å²) in [4.78, 5) is 24.0.